The number of aliphatic hydroxyl groups excluding tert-OH is 8. The monoisotopic (exact) mass is 656 g/mol. The second-order valence-corrected chi connectivity index (χ2v) is 10.6. The van der Waals surface area contributed by atoms with Gasteiger partial charge in [-0.15, -0.1) is 0 Å². The maximum Gasteiger partial charge on any atom is 0.239 e. The van der Waals surface area contributed by atoms with Crippen LogP contribution in [0, 0.1) is 0 Å². The summed E-state index contributed by atoms with van der Waals surface area (Å²) in [4.78, 5) is 14.0. The normalized spacial score (nSPS) is 31.5. The number of fused-ring (bicyclic) bond motifs is 1. The summed E-state index contributed by atoms with van der Waals surface area (Å²) in [6, 6.07) is 4.31. The zero-order valence-electron chi connectivity index (χ0n) is 23.8. The van der Waals surface area contributed by atoms with Gasteiger partial charge in [-0.25, -0.2) is 0 Å². The summed E-state index contributed by atoms with van der Waals surface area (Å²) in [6.45, 7) is -1.64. The highest BCUT2D eigenvalue weighted by Crippen LogP contribution is 2.45. The summed E-state index contributed by atoms with van der Waals surface area (Å²) >= 11 is 0. The Bertz CT molecular complexity index is 1620. The third-order valence-corrected chi connectivity index (χ3v) is 7.65. The number of ether oxygens (including phenoxy) is 5. The first kappa shape index (κ1) is 33.4. The van der Waals surface area contributed by atoms with Crippen LogP contribution in [-0.2, 0) is 9.47 Å². The number of rotatable bonds is 8. The fourth-order valence-corrected chi connectivity index (χ4v) is 5.10. The first-order valence-electron chi connectivity index (χ1n) is 13.7. The lowest BCUT2D eigenvalue weighted by atomic mass is 9.99. The van der Waals surface area contributed by atoms with Crippen LogP contribution in [0.2, 0.25) is 0 Å². The largest absolute Gasteiger partial charge is 0.507 e. The van der Waals surface area contributed by atoms with Crippen molar-refractivity contribution in [2.45, 2.75) is 61.4 Å². The van der Waals surface area contributed by atoms with Crippen molar-refractivity contribution in [2.24, 2.45) is 0 Å². The number of hydrogen-bond acceptors (Lipinski definition) is 18. The van der Waals surface area contributed by atoms with E-state index in [1.165, 1.54) is 19.2 Å². The Labute approximate surface area is 257 Å². The molecule has 0 amide bonds. The highest BCUT2D eigenvalue weighted by atomic mass is 16.7. The summed E-state index contributed by atoms with van der Waals surface area (Å²) in [6.07, 6.45) is -17.9. The molecule has 2 aromatic carbocycles. The Morgan fingerprint density at radius 2 is 1.24 bits per heavy atom. The minimum atomic E-state index is -1.98. The van der Waals surface area contributed by atoms with Crippen LogP contribution in [0.5, 0.6) is 34.5 Å². The molecule has 0 spiro atoms. The SMILES string of the molecule is COc1ccc(-c2oc3c(O[C@H]4O[C@H](CO)[C@@H](O)[C@H](O)[C@H]4O)c(O)cc(O)c3c(=O)c2O[C@@H]2O[C@H](CO)[C@@H](O)[C@H](O)[C@H]2O)cc1O. The van der Waals surface area contributed by atoms with Crippen molar-refractivity contribution in [3.05, 3.63) is 34.5 Å². The van der Waals surface area contributed by atoms with Gasteiger partial charge in [-0.1, -0.05) is 0 Å². The van der Waals surface area contributed by atoms with E-state index >= 15 is 0 Å². The third-order valence-electron chi connectivity index (χ3n) is 7.65. The standard InChI is InChI=1S/C28H32O18/c1-41-12-3-2-8(4-9(12)31)23-26(46-28-22(40)20(38)17(35)14(7-30)43-28)18(36)15-10(32)5-11(33)24(25(15)44-23)45-27-21(39)19(37)16(34)13(6-29)42-27/h2-5,13-14,16-17,19-22,27-35,37-40H,6-7H2,1H3/t13-,14-,16-,17-,19+,20+,21-,22-,27-,28+/m1/s1. The van der Waals surface area contributed by atoms with E-state index in [9.17, 15) is 61.0 Å². The van der Waals surface area contributed by atoms with Gasteiger partial charge in [0.15, 0.2) is 28.6 Å². The molecule has 3 aromatic rings. The fraction of sp³-hybridized carbons (Fsp3) is 0.464. The Balaban J connectivity index is 1.70. The van der Waals surface area contributed by atoms with E-state index in [2.05, 4.69) is 0 Å². The molecule has 0 bridgehead atoms. The van der Waals surface area contributed by atoms with Crippen LogP contribution in [-0.4, -0.2) is 138 Å². The maximum absolute atomic E-state index is 14.0. The van der Waals surface area contributed by atoms with Crippen LogP contribution in [0.25, 0.3) is 22.3 Å². The lowest BCUT2D eigenvalue weighted by molar-refractivity contribution is -0.277. The first-order chi connectivity index (χ1) is 21.8. The molecule has 10 atom stereocenters. The average molecular weight is 657 g/mol. The number of aromatic hydroxyl groups is 3. The minimum Gasteiger partial charge on any atom is -0.507 e. The number of methoxy groups -OCH3 is 1. The van der Waals surface area contributed by atoms with E-state index in [4.69, 9.17) is 28.1 Å². The Morgan fingerprint density at radius 3 is 1.74 bits per heavy atom. The molecule has 2 fully saturated rings. The molecular formula is C28H32O18. The molecule has 1 aromatic heterocycles. The van der Waals surface area contributed by atoms with E-state index in [1.807, 2.05) is 0 Å². The Morgan fingerprint density at radius 1 is 0.696 bits per heavy atom. The predicted octanol–water partition coefficient (Wildman–Crippen LogP) is -3.06. The van der Waals surface area contributed by atoms with Crippen LogP contribution in [0.15, 0.2) is 33.5 Å². The lowest BCUT2D eigenvalue weighted by Crippen LogP contribution is -2.60. The summed E-state index contributed by atoms with van der Waals surface area (Å²) in [5.41, 5.74) is -1.98. The van der Waals surface area contributed by atoms with Gasteiger partial charge < -0.3 is 84.3 Å². The molecule has 2 saturated heterocycles. The first-order valence-corrected chi connectivity index (χ1v) is 13.7. The van der Waals surface area contributed by atoms with Crippen molar-refractivity contribution in [3.8, 4) is 45.8 Å². The molecule has 0 saturated carbocycles. The zero-order chi connectivity index (χ0) is 33.6. The van der Waals surface area contributed by atoms with Crippen molar-refractivity contribution in [1.82, 2.24) is 0 Å². The molecule has 2 aliphatic heterocycles. The van der Waals surface area contributed by atoms with Gasteiger partial charge >= 0.3 is 0 Å². The highest BCUT2D eigenvalue weighted by Gasteiger charge is 2.47. The van der Waals surface area contributed by atoms with Crippen LogP contribution in [0.1, 0.15) is 0 Å². The number of hydrogen-bond donors (Lipinski definition) is 11. The minimum absolute atomic E-state index is 0.00483. The third kappa shape index (κ3) is 5.75. The van der Waals surface area contributed by atoms with Gasteiger partial charge in [-0.05, 0) is 18.2 Å². The number of benzene rings is 2. The average Bonchev–Trinajstić information content (AvgIpc) is 3.03. The van der Waals surface area contributed by atoms with Crippen molar-refractivity contribution in [1.29, 1.82) is 0 Å². The van der Waals surface area contributed by atoms with Crippen molar-refractivity contribution in [2.75, 3.05) is 20.3 Å². The summed E-state index contributed by atoms with van der Waals surface area (Å²) in [7, 11) is 1.27. The van der Waals surface area contributed by atoms with Gasteiger partial charge in [0.05, 0.1) is 20.3 Å². The molecule has 18 nitrogen and oxygen atoms in total. The molecular weight excluding hydrogens is 624 g/mol. The number of phenols is 3. The van der Waals surface area contributed by atoms with Crippen molar-refractivity contribution in [3.63, 3.8) is 0 Å². The maximum atomic E-state index is 14.0. The fourth-order valence-electron chi connectivity index (χ4n) is 5.10. The molecule has 0 aliphatic carbocycles. The van der Waals surface area contributed by atoms with Gasteiger partial charge in [-0.3, -0.25) is 4.79 Å². The molecule has 3 heterocycles. The molecule has 0 unspecified atom stereocenters. The van der Waals surface area contributed by atoms with Crippen LogP contribution in [0.4, 0.5) is 0 Å². The predicted molar refractivity (Wildman–Crippen MR) is 148 cm³/mol. The van der Waals surface area contributed by atoms with Crippen LogP contribution >= 0.6 is 0 Å². The van der Waals surface area contributed by atoms with Gasteiger partial charge in [-0.2, -0.15) is 0 Å². The lowest BCUT2D eigenvalue weighted by Gasteiger charge is -2.39. The number of aliphatic hydroxyl groups is 8. The molecule has 0 radical (unpaired) electrons. The summed E-state index contributed by atoms with van der Waals surface area (Å²) < 4.78 is 32.9. The van der Waals surface area contributed by atoms with Gasteiger partial charge in [0, 0.05) is 11.6 Å². The van der Waals surface area contributed by atoms with E-state index in [0.29, 0.717) is 6.07 Å². The molecule has 46 heavy (non-hydrogen) atoms. The zero-order valence-corrected chi connectivity index (χ0v) is 23.8. The Hall–Kier alpha value is -3.95. The summed E-state index contributed by atoms with van der Waals surface area (Å²) in [5.74, 6) is -4.26. The molecule has 252 valence electrons. The smallest absolute Gasteiger partial charge is 0.239 e. The van der Waals surface area contributed by atoms with E-state index in [0.717, 1.165) is 6.07 Å². The van der Waals surface area contributed by atoms with Crippen molar-refractivity contribution >= 4 is 11.0 Å². The van der Waals surface area contributed by atoms with E-state index < -0.39 is 126 Å². The van der Waals surface area contributed by atoms with Crippen LogP contribution in [0.3, 0.4) is 0 Å². The van der Waals surface area contributed by atoms with Gasteiger partial charge in [0.2, 0.25) is 29.5 Å². The van der Waals surface area contributed by atoms with E-state index in [1.54, 1.807) is 0 Å². The van der Waals surface area contributed by atoms with E-state index in [-0.39, 0.29) is 11.3 Å². The quantitative estimate of drug-likeness (QED) is 0.115. The summed E-state index contributed by atoms with van der Waals surface area (Å²) in [5, 5.41) is 112. The number of phenolic OH excluding ortho intramolecular Hbond substituents is 3. The second-order valence-electron chi connectivity index (χ2n) is 10.6. The van der Waals surface area contributed by atoms with Crippen molar-refractivity contribution < 1.29 is 84.3 Å². The van der Waals surface area contributed by atoms with Gasteiger partial charge in [0.25, 0.3) is 0 Å². The molecule has 2 aliphatic rings. The topological polar surface area (TPSA) is 299 Å². The second kappa shape index (κ2) is 13.0. The highest BCUT2D eigenvalue weighted by molar-refractivity contribution is 5.93. The Kier molecular flexibility index (Phi) is 9.47. The van der Waals surface area contributed by atoms with Gasteiger partial charge in [0.1, 0.15) is 60.0 Å². The molecule has 18 heteroatoms. The van der Waals surface area contributed by atoms with Crippen LogP contribution < -0.4 is 19.6 Å². The molecule has 5 rings (SSSR count). The molecule has 11 N–H and O–H groups in total.